The number of hydrogen-bond acceptors (Lipinski definition) is 3. The highest BCUT2D eigenvalue weighted by molar-refractivity contribution is 6.09. The van der Waals surface area contributed by atoms with Gasteiger partial charge in [-0.25, -0.2) is 0 Å². The molecule has 0 bridgehead atoms. The van der Waals surface area contributed by atoms with E-state index in [1.165, 1.54) is 0 Å². The van der Waals surface area contributed by atoms with E-state index in [2.05, 4.69) is 13.8 Å². The summed E-state index contributed by atoms with van der Waals surface area (Å²) in [6.45, 7) is 17.1. The Morgan fingerprint density at radius 1 is 0.786 bits per heavy atom. The second-order valence-corrected chi connectivity index (χ2v) is 7.92. The number of allylic oxidation sites excluding steroid dienone is 8. The van der Waals surface area contributed by atoms with Gasteiger partial charge in [-0.1, -0.05) is 64.0 Å². The fourth-order valence-electron chi connectivity index (χ4n) is 3.12. The largest absolute Gasteiger partial charge is 0.299 e. The summed E-state index contributed by atoms with van der Waals surface area (Å²) in [6, 6.07) is 0. The van der Waals surface area contributed by atoms with Crippen LogP contribution in [-0.4, -0.2) is 17.3 Å². The van der Waals surface area contributed by atoms with E-state index in [9.17, 15) is 14.4 Å². The van der Waals surface area contributed by atoms with Gasteiger partial charge in [-0.2, -0.15) is 0 Å². The molecule has 0 saturated carbocycles. The topological polar surface area (TPSA) is 51.2 Å². The van der Waals surface area contributed by atoms with Gasteiger partial charge >= 0.3 is 0 Å². The second-order valence-electron chi connectivity index (χ2n) is 7.92. The molecule has 0 aromatic heterocycles. The Bertz CT molecular complexity index is 701. The summed E-state index contributed by atoms with van der Waals surface area (Å²) in [6.07, 6.45) is 9.20. The average molecular weight is 387 g/mol. The molecule has 0 saturated heterocycles. The van der Waals surface area contributed by atoms with E-state index in [-0.39, 0.29) is 23.3 Å². The molecular weight excluding hydrogens is 348 g/mol. The lowest BCUT2D eigenvalue weighted by Crippen LogP contribution is -2.21. The van der Waals surface area contributed by atoms with Crippen LogP contribution < -0.4 is 0 Å². The minimum atomic E-state index is -0.591. The van der Waals surface area contributed by atoms with Crippen LogP contribution in [-0.2, 0) is 14.4 Å². The summed E-state index contributed by atoms with van der Waals surface area (Å²) < 4.78 is 0. The van der Waals surface area contributed by atoms with Crippen LogP contribution in [0.25, 0.3) is 0 Å². The molecule has 0 aliphatic carbocycles. The van der Waals surface area contributed by atoms with Gasteiger partial charge in [0.2, 0.25) is 0 Å². The zero-order valence-corrected chi connectivity index (χ0v) is 19.2. The van der Waals surface area contributed by atoms with Crippen molar-refractivity contribution in [2.24, 2.45) is 17.8 Å². The summed E-state index contributed by atoms with van der Waals surface area (Å²) in [4.78, 5) is 36.6. The van der Waals surface area contributed by atoms with E-state index < -0.39 is 5.92 Å². The van der Waals surface area contributed by atoms with Crippen LogP contribution in [0.4, 0.5) is 0 Å². The maximum Gasteiger partial charge on any atom is 0.183 e. The second kappa shape index (κ2) is 12.4. The Kier molecular flexibility index (Phi) is 11.5. The molecule has 0 radical (unpaired) electrons. The summed E-state index contributed by atoms with van der Waals surface area (Å²) in [7, 11) is 0. The molecule has 0 aromatic carbocycles. The van der Waals surface area contributed by atoms with E-state index in [0.717, 1.165) is 23.1 Å². The van der Waals surface area contributed by atoms with E-state index in [4.69, 9.17) is 0 Å². The zero-order chi connectivity index (χ0) is 22.0. The predicted octanol–water partition coefficient (Wildman–Crippen LogP) is 6.21. The molecule has 3 heteroatoms. The van der Waals surface area contributed by atoms with Gasteiger partial charge in [0, 0.05) is 6.42 Å². The third kappa shape index (κ3) is 8.77. The van der Waals surface area contributed by atoms with Gasteiger partial charge in [-0.15, -0.1) is 0 Å². The normalized spacial score (nSPS) is 17.2. The van der Waals surface area contributed by atoms with Gasteiger partial charge in [-0.05, 0) is 63.2 Å². The maximum absolute atomic E-state index is 12.5. The highest BCUT2D eigenvalue weighted by Gasteiger charge is 2.20. The third-order valence-electron chi connectivity index (χ3n) is 4.99. The maximum atomic E-state index is 12.5. The summed E-state index contributed by atoms with van der Waals surface area (Å²) in [5.41, 5.74) is 3.04. The molecule has 156 valence electrons. The fourth-order valence-corrected chi connectivity index (χ4v) is 3.12. The Balaban J connectivity index is 5.27. The summed E-state index contributed by atoms with van der Waals surface area (Å²) >= 11 is 0. The smallest absolute Gasteiger partial charge is 0.183 e. The van der Waals surface area contributed by atoms with E-state index in [0.29, 0.717) is 17.9 Å². The first-order chi connectivity index (χ1) is 12.9. The molecule has 0 heterocycles. The number of carbonyl (C=O) groups is 3. The lowest BCUT2D eigenvalue weighted by atomic mass is 9.93. The molecular formula is C25H38O3. The molecule has 0 spiro atoms. The van der Waals surface area contributed by atoms with Crippen LogP contribution >= 0.6 is 0 Å². The van der Waals surface area contributed by atoms with Gasteiger partial charge in [0.1, 0.15) is 5.78 Å². The molecule has 0 aliphatic heterocycles. The molecule has 3 atom stereocenters. The average Bonchev–Trinajstić information content (AvgIpc) is 2.64. The third-order valence-corrected chi connectivity index (χ3v) is 4.99. The highest BCUT2D eigenvalue weighted by Crippen LogP contribution is 2.16. The van der Waals surface area contributed by atoms with Gasteiger partial charge < -0.3 is 0 Å². The fraction of sp³-hybridized carbons (Fsp3) is 0.560. The van der Waals surface area contributed by atoms with Crippen LogP contribution in [0, 0.1) is 17.8 Å². The predicted molar refractivity (Wildman–Crippen MR) is 118 cm³/mol. The Hall–Kier alpha value is -2.03. The first-order valence-corrected chi connectivity index (χ1v) is 10.3. The van der Waals surface area contributed by atoms with Crippen molar-refractivity contribution in [2.45, 2.75) is 75.2 Å². The molecule has 0 N–H and O–H groups in total. The van der Waals surface area contributed by atoms with E-state index in [1.54, 1.807) is 20.8 Å². The van der Waals surface area contributed by atoms with Crippen molar-refractivity contribution in [3.8, 4) is 0 Å². The number of carbonyl (C=O) groups excluding carboxylic acids is 3. The molecule has 3 nitrogen and oxygen atoms in total. The van der Waals surface area contributed by atoms with Crippen LogP contribution in [0.2, 0.25) is 0 Å². The monoisotopic (exact) mass is 386 g/mol. The SMILES string of the molecule is CCC(=O)[C@H](C)C(=O)/C(C)=C/C(C)=C/[C@H](C)/C=C(\C)C(=O)/C(C)=C/[C@H](C)CC. The van der Waals surface area contributed by atoms with Gasteiger partial charge in [0.05, 0.1) is 5.92 Å². The van der Waals surface area contributed by atoms with Crippen molar-refractivity contribution in [2.75, 3.05) is 0 Å². The lowest BCUT2D eigenvalue weighted by Gasteiger charge is -2.09. The number of rotatable bonds is 11. The van der Waals surface area contributed by atoms with Crippen molar-refractivity contribution < 1.29 is 14.4 Å². The van der Waals surface area contributed by atoms with Crippen LogP contribution in [0.15, 0.2) is 46.6 Å². The van der Waals surface area contributed by atoms with Crippen molar-refractivity contribution in [1.29, 1.82) is 0 Å². The van der Waals surface area contributed by atoms with Crippen molar-refractivity contribution in [3.05, 3.63) is 46.6 Å². The van der Waals surface area contributed by atoms with E-state index in [1.807, 2.05) is 52.0 Å². The van der Waals surface area contributed by atoms with Crippen molar-refractivity contribution in [1.82, 2.24) is 0 Å². The Morgan fingerprint density at radius 2 is 1.32 bits per heavy atom. The van der Waals surface area contributed by atoms with Crippen molar-refractivity contribution >= 4 is 17.3 Å². The van der Waals surface area contributed by atoms with Gasteiger partial charge in [0.25, 0.3) is 0 Å². The van der Waals surface area contributed by atoms with Crippen LogP contribution in [0.3, 0.4) is 0 Å². The summed E-state index contributed by atoms with van der Waals surface area (Å²) in [5.74, 6) is -0.220. The molecule has 28 heavy (non-hydrogen) atoms. The number of hydrogen-bond donors (Lipinski definition) is 0. The zero-order valence-electron chi connectivity index (χ0n) is 19.2. The molecule has 0 fully saturated rings. The minimum absolute atomic E-state index is 0.0364. The van der Waals surface area contributed by atoms with Gasteiger partial charge in [0.15, 0.2) is 11.6 Å². The molecule has 0 aliphatic rings. The molecule has 0 unspecified atom stereocenters. The van der Waals surface area contributed by atoms with Crippen LogP contribution in [0.1, 0.15) is 75.2 Å². The van der Waals surface area contributed by atoms with Crippen LogP contribution in [0.5, 0.6) is 0 Å². The summed E-state index contributed by atoms with van der Waals surface area (Å²) in [5, 5.41) is 0. The first kappa shape index (κ1) is 26.0. The van der Waals surface area contributed by atoms with E-state index >= 15 is 0 Å². The minimum Gasteiger partial charge on any atom is -0.299 e. The van der Waals surface area contributed by atoms with Crippen molar-refractivity contribution in [3.63, 3.8) is 0 Å². The molecule has 0 aromatic rings. The first-order valence-electron chi connectivity index (χ1n) is 10.3. The highest BCUT2D eigenvalue weighted by atomic mass is 16.2. The number of ketones is 3. The molecule has 0 amide bonds. The quantitative estimate of drug-likeness (QED) is 0.241. The molecule has 0 rings (SSSR count). The standard InChI is InChI=1S/C25H38O3/c1-10-16(3)13-19(6)24(27)20(7)14-17(4)12-18(5)15-21(8)25(28)22(9)23(26)11-2/h12-17,22H,10-11H2,1-9H3/b18-12+,19-13+,20-14+,21-15+/t16-,17+,22+/m1/s1. The Morgan fingerprint density at radius 3 is 1.82 bits per heavy atom. The Labute approximate surface area is 171 Å². The lowest BCUT2D eigenvalue weighted by molar-refractivity contribution is -0.129. The number of Topliss-reactive ketones (excluding diaryl/α,β-unsaturated/α-hetero) is 3. The van der Waals surface area contributed by atoms with Gasteiger partial charge in [-0.3, -0.25) is 14.4 Å².